The topological polar surface area (TPSA) is 88.4 Å². The quantitative estimate of drug-likeness (QED) is 0.747. The van der Waals surface area contributed by atoms with Gasteiger partial charge in [0.15, 0.2) is 11.5 Å². The fourth-order valence-electron chi connectivity index (χ4n) is 4.68. The second-order valence-corrected chi connectivity index (χ2v) is 9.55. The number of amides is 1. The first-order chi connectivity index (χ1) is 14.6. The number of fused-ring (bicyclic) bond motifs is 1. The highest BCUT2D eigenvalue weighted by atomic mass is 16.5. The van der Waals surface area contributed by atoms with E-state index in [4.69, 9.17) is 14.5 Å². The SMILES string of the molecule is COc1cc2c(cc1OC)C(CC1CN(C(=O)C(C)(C)C)CCC1CC(=O)O)=NCC2. The van der Waals surface area contributed by atoms with Crippen LogP contribution in [0.5, 0.6) is 11.5 Å². The number of hydrogen-bond donors (Lipinski definition) is 1. The number of rotatable bonds is 6. The van der Waals surface area contributed by atoms with Crippen molar-refractivity contribution in [3.05, 3.63) is 23.3 Å². The molecule has 2 aliphatic heterocycles. The van der Waals surface area contributed by atoms with Crippen LogP contribution < -0.4 is 9.47 Å². The first-order valence-corrected chi connectivity index (χ1v) is 10.9. The average molecular weight is 431 g/mol. The molecule has 0 aliphatic carbocycles. The van der Waals surface area contributed by atoms with Gasteiger partial charge in [0.1, 0.15) is 0 Å². The van der Waals surface area contributed by atoms with Crippen LogP contribution >= 0.6 is 0 Å². The van der Waals surface area contributed by atoms with Gasteiger partial charge in [-0.2, -0.15) is 0 Å². The predicted molar refractivity (Wildman–Crippen MR) is 119 cm³/mol. The van der Waals surface area contributed by atoms with Crippen molar-refractivity contribution in [3.8, 4) is 11.5 Å². The second-order valence-electron chi connectivity index (χ2n) is 9.55. The number of likely N-dealkylation sites (tertiary alicyclic amines) is 1. The van der Waals surface area contributed by atoms with Crippen LogP contribution in [0.15, 0.2) is 17.1 Å². The molecule has 170 valence electrons. The third kappa shape index (κ3) is 5.20. The van der Waals surface area contributed by atoms with Crippen molar-refractivity contribution >= 4 is 17.6 Å². The molecular weight excluding hydrogens is 396 g/mol. The number of carboxylic acid groups (broad SMARTS) is 1. The first-order valence-electron chi connectivity index (χ1n) is 10.9. The molecule has 7 nitrogen and oxygen atoms in total. The van der Waals surface area contributed by atoms with E-state index in [-0.39, 0.29) is 24.2 Å². The molecule has 2 heterocycles. The third-order valence-corrected chi connectivity index (χ3v) is 6.32. The van der Waals surface area contributed by atoms with Gasteiger partial charge in [-0.3, -0.25) is 14.6 Å². The Bertz CT molecular complexity index is 871. The van der Waals surface area contributed by atoms with E-state index < -0.39 is 11.4 Å². The number of carboxylic acids is 1. The van der Waals surface area contributed by atoms with Gasteiger partial charge in [0.05, 0.1) is 14.2 Å². The van der Waals surface area contributed by atoms with Gasteiger partial charge < -0.3 is 19.5 Å². The van der Waals surface area contributed by atoms with E-state index in [2.05, 4.69) is 0 Å². The molecule has 1 aromatic carbocycles. The van der Waals surface area contributed by atoms with Gasteiger partial charge in [-0.05, 0) is 48.8 Å². The maximum atomic E-state index is 12.9. The minimum Gasteiger partial charge on any atom is -0.493 e. The smallest absolute Gasteiger partial charge is 0.303 e. The summed E-state index contributed by atoms with van der Waals surface area (Å²) in [5.74, 6) is 0.757. The summed E-state index contributed by atoms with van der Waals surface area (Å²) < 4.78 is 10.9. The number of nitrogens with zero attached hydrogens (tertiary/aromatic N) is 2. The summed E-state index contributed by atoms with van der Waals surface area (Å²) in [5.41, 5.74) is 2.71. The first kappa shape index (κ1) is 23.1. The van der Waals surface area contributed by atoms with Gasteiger partial charge in [0.2, 0.25) is 5.91 Å². The van der Waals surface area contributed by atoms with E-state index in [1.165, 1.54) is 0 Å². The van der Waals surface area contributed by atoms with Crippen molar-refractivity contribution in [3.63, 3.8) is 0 Å². The molecule has 2 aliphatic rings. The van der Waals surface area contributed by atoms with Crippen LogP contribution in [-0.4, -0.2) is 61.4 Å². The fourth-order valence-corrected chi connectivity index (χ4v) is 4.68. The van der Waals surface area contributed by atoms with E-state index in [9.17, 15) is 14.7 Å². The summed E-state index contributed by atoms with van der Waals surface area (Å²) in [6, 6.07) is 3.98. The van der Waals surface area contributed by atoms with Gasteiger partial charge in [0.25, 0.3) is 0 Å². The number of methoxy groups -OCH3 is 2. The fraction of sp³-hybridized carbons (Fsp3) is 0.625. The maximum Gasteiger partial charge on any atom is 0.303 e. The van der Waals surface area contributed by atoms with E-state index in [0.717, 1.165) is 23.3 Å². The predicted octanol–water partition coefficient (Wildman–Crippen LogP) is 3.42. The maximum absolute atomic E-state index is 12.9. The largest absolute Gasteiger partial charge is 0.493 e. The molecule has 1 saturated heterocycles. The molecule has 1 aromatic rings. The number of aliphatic carboxylic acids is 1. The Labute approximate surface area is 184 Å². The molecule has 2 atom stereocenters. The molecule has 1 N–H and O–H groups in total. The normalized spacial score (nSPS) is 21.2. The highest BCUT2D eigenvalue weighted by Gasteiger charge is 2.37. The van der Waals surface area contributed by atoms with Gasteiger partial charge in [0, 0.05) is 42.7 Å². The van der Waals surface area contributed by atoms with E-state index in [1.54, 1.807) is 14.2 Å². The molecule has 0 radical (unpaired) electrons. The zero-order valence-electron chi connectivity index (χ0n) is 19.2. The van der Waals surface area contributed by atoms with Gasteiger partial charge in [-0.15, -0.1) is 0 Å². The summed E-state index contributed by atoms with van der Waals surface area (Å²) in [6.07, 6.45) is 2.30. The Hall–Kier alpha value is -2.57. The van der Waals surface area contributed by atoms with E-state index in [0.29, 0.717) is 44.0 Å². The average Bonchev–Trinajstić information content (AvgIpc) is 2.72. The lowest BCUT2D eigenvalue weighted by atomic mass is 9.77. The Balaban J connectivity index is 1.88. The lowest BCUT2D eigenvalue weighted by molar-refractivity contribution is -0.143. The molecule has 3 rings (SSSR count). The summed E-state index contributed by atoms with van der Waals surface area (Å²) in [6.45, 7) is 7.64. The lowest BCUT2D eigenvalue weighted by Crippen LogP contribution is -2.48. The summed E-state index contributed by atoms with van der Waals surface area (Å²) in [7, 11) is 3.24. The standard InChI is InChI=1S/C24H34N2O5/c1-24(2,3)23(29)26-9-7-15(12-22(27)28)17(14-26)10-19-18-13-21(31-5)20(30-4)11-16(18)6-8-25-19/h11,13,15,17H,6-10,12,14H2,1-5H3,(H,27,28). The van der Waals surface area contributed by atoms with E-state index in [1.807, 2.05) is 37.8 Å². The highest BCUT2D eigenvalue weighted by molar-refractivity contribution is 6.03. The zero-order valence-corrected chi connectivity index (χ0v) is 19.2. The minimum atomic E-state index is -0.789. The molecular formula is C24H34N2O5. The van der Waals surface area contributed by atoms with Crippen molar-refractivity contribution in [2.75, 3.05) is 33.9 Å². The molecule has 0 aromatic heterocycles. The van der Waals surface area contributed by atoms with Crippen molar-refractivity contribution in [2.45, 2.75) is 46.5 Å². The monoisotopic (exact) mass is 430 g/mol. The number of hydrogen-bond acceptors (Lipinski definition) is 5. The van der Waals surface area contributed by atoms with Crippen LogP contribution in [0.4, 0.5) is 0 Å². The number of carbonyl (C=O) groups is 2. The molecule has 1 fully saturated rings. The number of benzene rings is 1. The molecule has 0 bridgehead atoms. The van der Waals surface area contributed by atoms with Crippen molar-refractivity contribution in [1.82, 2.24) is 4.90 Å². The van der Waals surface area contributed by atoms with Gasteiger partial charge in [-0.25, -0.2) is 0 Å². The highest BCUT2D eigenvalue weighted by Crippen LogP contribution is 2.36. The third-order valence-electron chi connectivity index (χ3n) is 6.32. The van der Waals surface area contributed by atoms with Crippen molar-refractivity contribution in [1.29, 1.82) is 0 Å². The molecule has 31 heavy (non-hydrogen) atoms. The minimum absolute atomic E-state index is 0.0229. The summed E-state index contributed by atoms with van der Waals surface area (Å²) in [5, 5.41) is 9.44. The molecule has 2 unspecified atom stereocenters. The van der Waals surface area contributed by atoms with Crippen LogP contribution in [-0.2, 0) is 16.0 Å². The number of piperidine rings is 1. The Kier molecular flexibility index (Phi) is 6.92. The molecule has 0 spiro atoms. The van der Waals surface area contributed by atoms with E-state index >= 15 is 0 Å². The zero-order chi connectivity index (χ0) is 22.8. The van der Waals surface area contributed by atoms with Gasteiger partial charge in [-0.1, -0.05) is 20.8 Å². The number of carbonyl (C=O) groups excluding carboxylic acids is 1. The second kappa shape index (κ2) is 9.28. The van der Waals surface area contributed by atoms with Crippen LogP contribution in [0.25, 0.3) is 0 Å². The lowest BCUT2D eigenvalue weighted by Gasteiger charge is -2.41. The van der Waals surface area contributed by atoms with Gasteiger partial charge >= 0.3 is 5.97 Å². The number of ether oxygens (including phenoxy) is 2. The molecule has 1 amide bonds. The molecule has 7 heteroatoms. The number of aliphatic imine (C=N–C) groups is 1. The van der Waals surface area contributed by atoms with Crippen molar-refractivity contribution in [2.24, 2.45) is 22.2 Å². The summed E-state index contributed by atoms with van der Waals surface area (Å²) >= 11 is 0. The van der Waals surface area contributed by atoms with Crippen LogP contribution in [0.3, 0.4) is 0 Å². The Morgan fingerprint density at radius 1 is 1.16 bits per heavy atom. The van der Waals surface area contributed by atoms with Crippen LogP contribution in [0.1, 0.15) is 51.2 Å². The molecule has 0 saturated carbocycles. The summed E-state index contributed by atoms with van der Waals surface area (Å²) in [4.78, 5) is 31.1. The Morgan fingerprint density at radius 2 is 1.84 bits per heavy atom. The Morgan fingerprint density at radius 3 is 2.45 bits per heavy atom. The van der Waals surface area contributed by atoms with Crippen LogP contribution in [0.2, 0.25) is 0 Å². The van der Waals surface area contributed by atoms with Crippen LogP contribution in [0, 0.1) is 17.3 Å². The van der Waals surface area contributed by atoms with Crippen molar-refractivity contribution < 1.29 is 24.2 Å².